The van der Waals surface area contributed by atoms with Gasteiger partial charge in [0.05, 0.1) is 12.3 Å². The van der Waals surface area contributed by atoms with Crippen LogP contribution in [0.1, 0.15) is 47.2 Å². The maximum atomic E-state index is 11.1. The van der Waals surface area contributed by atoms with E-state index < -0.39 is 5.97 Å². The summed E-state index contributed by atoms with van der Waals surface area (Å²) in [5.74, 6) is 5.38. The molecule has 2 heterocycles. The van der Waals surface area contributed by atoms with Gasteiger partial charge >= 0.3 is 5.97 Å². The summed E-state index contributed by atoms with van der Waals surface area (Å²) in [6, 6.07) is 20.2. The average molecular weight is 441 g/mol. The van der Waals surface area contributed by atoms with E-state index in [0.29, 0.717) is 6.61 Å². The number of carboxylic acids is 1. The van der Waals surface area contributed by atoms with Crippen LogP contribution in [-0.4, -0.2) is 27.5 Å². The van der Waals surface area contributed by atoms with Crippen molar-refractivity contribution in [3.63, 3.8) is 0 Å². The number of carbonyl (C=O) groups is 1. The Hall–Kier alpha value is -3.62. The lowest BCUT2D eigenvalue weighted by atomic mass is 9.96. The maximum absolute atomic E-state index is 11.1. The Morgan fingerprint density at radius 3 is 2.76 bits per heavy atom. The largest absolute Gasteiger partial charge is 0.489 e. The van der Waals surface area contributed by atoms with Gasteiger partial charge in [0, 0.05) is 37.9 Å². The fourth-order valence-electron chi connectivity index (χ4n) is 4.20. The Morgan fingerprint density at radius 2 is 1.97 bits per heavy atom. The van der Waals surface area contributed by atoms with Crippen molar-refractivity contribution in [2.24, 2.45) is 0 Å². The van der Waals surface area contributed by atoms with Crippen LogP contribution in [0.2, 0.25) is 0 Å². The van der Waals surface area contributed by atoms with Crippen LogP contribution in [0.15, 0.2) is 66.9 Å². The van der Waals surface area contributed by atoms with Gasteiger partial charge in [0.1, 0.15) is 12.4 Å². The molecule has 1 aromatic heterocycles. The molecule has 1 aliphatic rings. The highest BCUT2D eigenvalue weighted by Crippen LogP contribution is 2.23. The summed E-state index contributed by atoms with van der Waals surface area (Å²) in [4.78, 5) is 18.0. The van der Waals surface area contributed by atoms with Gasteiger partial charge in [0.2, 0.25) is 0 Å². The molecule has 0 fully saturated rings. The van der Waals surface area contributed by atoms with Crippen LogP contribution in [0.5, 0.6) is 5.75 Å². The molecule has 5 heteroatoms. The lowest BCUT2D eigenvalue weighted by Gasteiger charge is -2.28. The Balaban J connectivity index is 1.34. The fourth-order valence-corrected chi connectivity index (χ4v) is 4.20. The second-order valence-electron chi connectivity index (χ2n) is 8.29. The van der Waals surface area contributed by atoms with Crippen LogP contribution < -0.4 is 4.74 Å². The molecule has 0 amide bonds. The summed E-state index contributed by atoms with van der Waals surface area (Å²) in [5.41, 5.74) is 5.82. The van der Waals surface area contributed by atoms with Gasteiger partial charge < -0.3 is 9.84 Å². The summed E-state index contributed by atoms with van der Waals surface area (Å²) in [6.07, 6.45) is 2.86. The summed E-state index contributed by atoms with van der Waals surface area (Å²) in [7, 11) is 0. The molecule has 0 bridgehead atoms. The molecule has 1 aliphatic heterocycles. The lowest BCUT2D eigenvalue weighted by Crippen LogP contribution is -2.30. The predicted octanol–water partition coefficient (Wildman–Crippen LogP) is 4.80. The van der Waals surface area contributed by atoms with Gasteiger partial charge in [-0.2, -0.15) is 0 Å². The molecule has 33 heavy (non-hydrogen) atoms. The lowest BCUT2D eigenvalue weighted by molar-refractivity contribution is -0.137. The first kappa shape index (κ1) is 22.6. The zero-order valence-corrected chi connectivity index (χ0v) is 18.8. The van der Waals surface area contributed by atoms with Crippen molar-refractivity contribution < 1.29 is 14.6 Å². The number of aliphatic carboxylic acids is 1. The molecule has 0 aliphatic carbocycles. The molecule has 0 saturated heterocycles. The molecule has 0 saturated carbocycles. The topological polar surface area (TPSA) is 62.7 Å². The number of rotatable bonds is 8. The monoisotopic (exact) mass is 440 g/mol. The quantitative estimate of drug-likeness (QED) is 0.510. The number of ether oxygens (including phenoxy) is 1. The number of benzene rings is 2. The third kappa shape index (κ3) is 6.21. The third-order valence-corrected chi connectivity index (χ3v) is 5.83. The van der Waals surface area contributed by atoms with Gasteiger partial charge in [-0.25, -0.2) is 0 Å². The molecule has 2 aromatic carbocycles. The zero-order valence-electron chi connectivity index (χ0n) is 18.8. The van der Waals surface area contributed by atoms with E-state index in [2.05, 4.69) is 52.1 Å². The number of nitrogens with zero attached hydrogens (tertiary/aromatic N) is 2. The Bertz CT molecular complexity index is 1160. The van der Waals surface area contributed by atoms with Crippen LogP contribution in [-0.2, 0) is 30.9 Å². The first-order valence-electron chi connectivity index (χ1n) is 11.2. The van der Waals surface area contributed by atoms with Crippen molar-refractivity contribution in [3.05, 3.63) is 94.8 Å². The van der Waals surface area contributed by atoms with Gasteiger partial charge in [-0.15, -0.1) is 5.92 Å². The smallest absolute Gasteiger partial charge is 0.304 e. The van der Waals surface area contributed by atoms with Gasteiger partial charge in [0.25, 0.3) is 0 Å². The zero-order chi connectivity index (χ0) is 23.0. The molecule has 0 unspecified atom stereocenters. The SMILES string of the molecule is CC#C[C@@H](CC(=O)O)c1ccc(OCc2cccc(CN3CCc4ncccc4C3)c2)cc1. The molecule has 5 nitrogen and oxygen atoms in total. The maximum Gasteiger partial charge on any atom is 0.304 e. The van der Waals surface area contributed by atoms with Gasteiger partial charge in [-0.05, 0) is 47.4 Å². The van der Waals surface area contributed by atoms with Crippen LogP contribution >= 0.6 is 0 Å². The Labute approximate surface area is 195 Å². The second kappa shape index (κ2) is 10.8. The van der Waals surface area contributed by atoms with Gasteiger partial charge in [-0.1, -0.05) is 48.4 Å². The average Bonchev–Trinajstić information content (AvgIpc) is 2.83. The van der Waals surface area contributed by atoms with E-state index in [-0.39, 0.29) is 12.3 Å². The standard InChI is InChI=1S/C28H28N2O3/c1-2-5-24(17-28(31)32)23-9-11-26(12-10-23)33-20-22-7-3-6-21(16-22)18-30-15-13-27-25(19-30)8-4-14-29-27/h3-4,6-12,14,16,24H,13,15,17-20H2,1H3,(H,31,32)/t24-/m0/s1. The molecular formula is C28H28N2O3. The molecule has 1 atom stereocenters. The Kier molecular flexibility index (Phi) is 7.39. The molecule has 0 spiro atoms. The molecule has 3 aromatic rings. The number of aromatic nitrogens is 1. The highest BCUT2D eigenvalue weighted by Gasteiger charge is 2.17. The van der Waals surface area contributed by atoms with Crippen LogP contribution in [0.3, 0.4) is 0 Å². The molecule has 4 rings (SSSR count). The van der Waals surface area contributed by atoms with Crippen LogP contribution in [0.25, 0.3) is 0 Å². The van der Waals surface area contributed by atoms with E-state index in [1.807, 2.05) is 36.5 Å². The highest BCUT2D eigenvalue weighted by atomic mass is 16.5. The molecular weight excluding hydrogens is 412 g/mol. The highest BCUT2D eigenvalue weighted by molar-refractivity contribution is 5.69. The minimum atomic E-state index is -0.853. The first-order chi connectivity index (χ1) is 16.1. The number of carboxylic acid groups (broad SMARTS) is 1. The number of pyridine rings is 1. The van der Waals surface area contributed by atoms with Crippen molar-refractivity contribution in [1.29, 1.82) is 0 Å². The molecule has 168 valence electrons. The minimum Gasteiger partial charge on any atom is -0.489 e. The number of hydrogen-bond donors (Lipinski definition) is 1. The summed E-state index contributed by atoms with van der Waals surface area (Å²) >= 11 is 0. The van der Waals surface area contributed by atoms with Crippen molar-refractivity contribution in [2.75, 3.05) is 6.54 Å². The predicted molar refractivity (Wildman–Crippen MR) is 128 cm³/mol. The summed E-state index contributed by atoms with van der Waals surface area (Å²) < 4.78 is 5.99. The van der Waals surface area contributed by atoms with E-state index in [0.717, 1.165) is 42.9 Å². The third-order valence-electron chi connectivity index (χ3n) is 5.83. The molecule has 0 radical (unpaired) electrons. The summed E-state index contributed by atoms with van der Waals surface area (Å²) in [5, 5.41) is 9.11. The molecule has 1 N–H and O–H groups in total. The normalized spacial score (nSPS) is 14.0. The van der Waals surface area contributed by atoms with Gasteiger partial charge in [0.15, 0.2) is 0 Å². The van der Waals surface area contributed by atoms with E-state index in [4.69, 9.17) is 9.84 Å². The van der Waals surface area contributed by atoms with Gasteiger partial charge in [-0.3, -0.25) is 14.7 Å². The second-order valence-corrected chi connectivity index (χ2v) is 8.29. The van der Waals surface area contributed by atoms with Crippen molar-refractivity contribution in [2.45, 2.75) is 45.4 Å². The number of fused-ring (bicyclic) bond motifs is 1. The van der Waals surface area contributed by atoms with E-state index in [1.54, 1.807) is 6.92 Å². The first-order valence-corrected chi connectivity index (χ1v) is 11.2. The van der Waals surface area contributed by atoms with E-state index in [1.165, 1.54) is 16.8 Å². The minimum absolute atomic E-state index is 0.00699. The van der Waals surface area contributed by atoms with Crippen molar-refractivity contribution in [3.8, 4) is 17.6 Å². The fraction of sp³-hybridized carbons (Fsp3) is 0.286. The van der Waals surface area contributed by atoms with Crippen molar-refractivity contribution >= 4 is 5.97 Å². The van der Waals surface area contributed by atoms with E-state index >= 15 is 0 Å². The number of hydrogen-bond acceptors (Lipinski definition) is 4. The van der Waals surface area contributed by atoms with Crippen LogP contribution in [0.4, 0.5) is 0 Å². The Morgan fingerprint density at radius 1 is 1.15 bits per heavy atom. The van der Waals surface area contributed by atoms with E-state index in [9.17, 15) is 4.79 Å². The van der Waals surface area contributed by atoms with Crippen molar-refractivity contribution in [1.82, 2.24) is 9.88 Å². The van der Waals surface area contributed by atoms with Crippen LogP contribution in [0, 0.1) is 11.8 Å². The summed E-state index contributed by atoms with van der Waals surface area (Å²) in [6.45, 7) is 5.05.